The number of unbranched alkanes of at least 4 members (excludes halogenated alkanes) is 1. The minimum absolute atomic E-state index is 0.305. The molecule has 21 heavy (non-hydrogen) atoms. The first-order valence-electron chi connectivity index (χ1n) is 8.80. The van der Waals surface area contributed by atoms with E-state index >= 15 is 0 Å². The van der Waals surface area contributed by atoms with Crippen LogP contribution in [0.1, 0.15) is 57.4 Å². The molecule has 2 heteroatoms. The Morgan fingerprint density at radius 2 is 1.76 bits per heavy atom. The molecule has 0 radical (unpaired) electrons. The maximum atomic E-state index is 6.17. The Labute approximate surface area is 130 Å². The van der Waals surface area contributed by atoms with E-state index in [-0.39, 0.29) is 0 Å². The van der Waals surface area contributed by atoms with Crippen LogP contribution in [0.25, 0.3) is 0 Å². The highest BCUT2D eigenvalue weighted by atomic mass is 15.2. The smallest absolute Gasteiger partial charge is 0.0331 e. The van der Waals surface area contributed by atoms with Crippen LogP contribution in [0.15, 0.2) is 30.3 Å². The molecule has 0 bridgehead atoms. The molecule has 2 rings (SSSR count). The van der Waals surface area contributed by atoms with Crippen LogP contribution < -0.4 is 5.73 Å². The molecule has 1 aromatic rings. The van der Waals surface area contributed by atoms with Crippen LogP contribution in [-0.2, 0) is 6.42 Å². The molecule has 0 saturated heterocycles. The first kappa shape index (κ1) is 16.5. The van der Waals surface area contributed by atoms with Crippen molar-refractivity contribution in [1.82, 2.24) is 4.90 Å². The van der Waals surface area contributed by atoms with Gasteiger partial charge in [0.15, 0.2) is 0 Å². The minimum Gasteiger partial charge on any atom is -0.329 e. The van der Waals surface area contributed by atoms with E-state index < -0.39 is 0 Å². The van der Waals surface area contributed by atoms with Crippen LogP contribution in [0.5, 0.6) is 0 Å². The Balaban J connectivity index is 1.79. The molecule has 1 aliphatic rings. The van der Waals surface area contributed by atoms with Crippen molar-refractivity contribution in [3.8, 4) is 0 Å². The molecule has 1 aliphatic carbocycles. The Kier molecular flexibility index (Phi) is 6.72. The van der Waals surface area contributed by atoms with Crippen LogP contribution >= 0.6 is 0 Å². The molecular formula is C19H32N2. The van der Waals surface area contributed by atoms with Crippen molar-refractivity contribution in [2.24, 2.45) is 5.73 Å². The van der Waals surface area contributed by atoms with E-state index in [2.05, 4.69) is 42.2 Å². The molecule has 1 aromatic carbocycles. The van der Waals surface area contributed by atoms with Gasteiger partial charge in [0.1, 0.15) is 0 Å². The number of likely N-dealkylation sites (N-methyl/N-ethyl adjacent to an activating group) is 1. The average molecular weight is 288 g/mol. The third-order valence-electron chi connectivity index (χ3n) is 5.20. The topological polar surface area (TPSA) is 29.3 Å². The second kappa shape index (κ2) is 8.55. The Morgan fingerprint density at radius 3 is 2.38 bits per heavy atom. The van der Waals surface area contributed by atoms with Gasteiger partial charge in [0.05, 0.1) is 0 Å². The lowest BCUT2D eigenvalue weighted by Gasteiger charge is -2.46. The Morgan fingerprint density at radius 1 is 1.05 bits per heavy atom. The van der Waals surface area contributed by atoms with Crippen LogP contribution in [0.2, 0.25) is 0 Å². The van der Waals surface area contributed by atoms with Crippen molar-refractivity contribution >= 4 is 0 Å². The predicted molar refractivity (Wildman–Crippen MR) is 91.5 cm³/mol. The summed E-state index contributed by atoms with van der Waals surface area (Å²) in [6.45, 7) is 5.48. The maximum Gasteiger partial charge on any atom is 0.0331 e. The van der Waals surface area contributed by atoms with Gasteiger partial charge in [-0.05, 0) is 50.8 Å². The number of nitrogens with two attached hydrogens (primary N) is 1. The normalized spacial score (nSPS) is 18.0. The van der Waals surface area contributed by atoms with E-state index in [1.54, 1.807) is 0 Å². The molecule has 0 aromatic heterocycles. The summed E-state index contributed by atoms with van der Waals surface area (Å²) < 4.78 is 0. The highest BCUT2D eigenvalue weighted by molar-refractivity contribution is 5.14. The standard InChI is InChI=1S/C19H32N2/c1-2-21(19(17-20)14-8-4-9-15-19)16-10-7-13-18-11-5-3-6-12-18/h3,5-6,11-12H,2,4,7-10,13-17,20H2,1H3. The van der Waals surface area contributed by atoms with Gasteiger partial charge in [-0.2, -0.15) is 0 Å². The van der Waals surface area contributed by atoms with Crippen LogP contribution in [0.3, 0.4) is 0 Å². The number of hydrogen-bond donors (Lipinski definition) is 1. The number of aryl methyl sites for hydroxylation is 1. The van der Waals surface area contributed by atoms with E-state index in [0.29, 0.717) is 5.54 Å². The largest absolute Gasteiger partial charge is 0.329 e. The van der Waals surface area contributed by atoms with E-state index in [0.717, 1.165) is 13.1 Å². The van der Waals surface area contributed by atoms with Crippen LogP contribution in [0.4, 0.5) is 0 Å². The lowest BCUT2D eigenvalue weighted by molar-refractivity contribution is 0.0603. The molecule has 0 amide bonds. The zero-order valence-corrected chi connectivity index (χ0v) is 13.7. The van der Waals surface area contributed by atoms with Crippen molar-refractivity contribution in [2.45, 2.75) is 63.8 Å². The monoisotopic (exact) mass is 288 g/mol. The lowest BCUT2D eigenvalue weighted by Crippen LogP contribution is -2.55. The fourth-order valence-corrected chi connectivity index (χ4v) is 3.87. The van der Waals surface area contributed by atoms with Gasteiger partial charge in [-0.1, -0.05) is 56.5 Å². The molecule has 1 saturated carbocycles. The number of rotatable bonds is 8. The molecule has 2 N–H and O–H groups in total. The van der Waals surface area contributed by atoms with Crippen molar-refractivity contribution in [3.05, 3.63) is 35.9 Å². The second-order valence-electron chi connectivity index (χ2n) is 6.51. The first-order valence-corrected chi connectivity index (χ1v) is 8.80. The van der Waals surface area contributed by atoms with Gasteiger partial charge in [-0.3, -0.25) is 4.90 Å². The summed E-state index contributed by atoms with van der Waals surface area (Å²) in [4.78, 5) is 2.68. The van der Waals surface area contributed by atoms with Gasteiger partial charge in [-0.25, -0.2) is 0 Å². The van der Waals surface area contributed by atoms with E-state index in [1.165, 1.54) is 63.5 Å². The Hall–Kier alpha value is -0.860. The zero-order valence-electron chi connectivity index (χ0n) is 13.7. The molecule has 118 valence electrons. The summed E-state index contributed by atoms with van der Waals surface area (Å²) in [5, 5.41) is 0. The zero-order chi connectivity index (χ0) is 15.0. The highest BCUT2D eigenvalue weighted by Crippen LogP contribution is 2.33. The van der Waals surface area contributed by atoms with Crippen LogP contribution in [-0.4, -0.2) is 30.1 Å². The third-order valence-corrected chi connectivity index (χ3v) is 5.20. The number of benzene rings is 1. The summed E-state index contributed by atoms with van der Waals surface area (Å²) in [6.07, 6.45) is 10.5. The molecule has 2 nitrogen and oxygen atoms in total. The third kappa shape index (κ3) is 4.55. The highest BCUT2D eigenvalue weighted by Gasteiger charge is 2.35. The van der Waals surface area contributed by atoms with E-state index in [1.807, 2.05) is 0 Å². The van der Waals surface area contributed by atoms with Gasteiger partial charge < -0.3 is 5.73 Å². The van der Waals surface area contributed by atoms with Gasteiger partial charge in [0.25, 0.3) is 0 Å². The molecule has 0 heterocycles. The molecule has 0 unspecified atom stereocenters. The van der Waals surface area contributed by atoms with Gasteiger partial charge in [0, 0.05) is 12.1 Å². The second-order valence-corrected chi connectivity index (χ2v) is 6.51. The minimum atomic E-state index is 0.305. The average Bonchev–Trinajstić information content (AvgIpc) is 2.56. The summed E-state index contributed by atoms with van der Waals surface area (Å²) in [5.41, 5.74) is 7.94. The van der Waals surface area contributed by atoms with Gasteiger partial charge in [0.2, 0.25) is 0 Å². The Bertz CT molecular complexity index is 382. The van der Waals surface area contributed by atoms with Gasteiger partial charge >= 0.3 is 0 Å². The fourth-order valence-electron chi connectivity index (χ4n) is 3.87. The van der Waals surface area contributed by atoms with Crippen molar-refractivity contribution in [1.29, 1.82) is 0 Å². The van der Waals surface area contributed by atoms with Crippen LogP contribution in [0, 0.1) is 0 Å². The quantitative estimate of drug-likeness (QED) is 0.733. The number of nitrogens with zero attached hydrogens (tertiary/aromatic N) is 1. The fraction of sp³-hybridized carbons (Fsp3) is 0.684. The number of hydrogen-bond acceptors (Lipinski definition) is 2. The lowest BCUT2D eigenvalue weighted by atomic mass is 9.80. The summed E-state index contributed by atoms with van der Waals surface area (Å²) in [7, 11) is 0. The molecule has 0 aliphatic heterocycles. The van der Waals surface area contributed by atoms with Crippen molar-refractivity contribution < 1.29 is 0 Å². The van der Waals surface area contributed by atoms with Gasteiger partial charge in [-0.15, -0.1) is 0 Å². The molecule has 1 fully saturated rings. The first-order chi connectivity index (χ1) is 10.3. The molecular weight excluding hydrogens is 256 g/mol. The van der Waals surface area contributed by atoms with Crippen molar-refractivity contribution in [3.63, 3.8) is 0 Å². The van der Waals surface area contributed by atoms with E-state index in [9.17, 15) is 0 Å². The predicted octanol–water partition coefficient (Wildman–Crippen LogP) is 3.99. The maximum absolute atomic E-state index is 6.17. The molecule has 0 atom stereocenters. The molecule has 0 spiro atoms. The summed E-state index contributed by atoms with van der Waals surface area (Å²) >= 11 is 0. The SMILES string of the molecule is CCN(CCCCc1ccccc1)C1(CN)CCCCC1. The van der Waals surface area contributed by atoms with Crippen molar-refractivity contribution in [2.75, 3.05) is 19.6 Å². The summed E-state index contributed by atoms with van der Waals surface area (Å²) in [6, 6.07) is 10.8. The van der Waals surface area contributed by atoms with E-state index in [4.69, 9.17) is 5.73 Å². The summed E-state index contributed by atoms with van der Waals surface area (Å²) in [5.74, 6) is 0.